The monoisotopic (exact) mass is 529 g/mol. The highest BCUT2D eigenvalue weighted by atomic mass is 16.8. The molecule has 6 N–H and O–H groups in total. The first-order chi connectivity index (χ1) is 17.8. The number of nitrogens with zero attached hydrogens (tertiary/aromatic N) is 1. The van der Waals surface area contributed by atoms with Crippen molar-refractivity contribution in [2.45, 2.75) is 88.1 Å². The van der Waals surface area contributed by atoms with Crippen LogP contribution in [0.4, 0.5) is 0 Å². The van der Waals surface area contributed by atoms with E-state index in [0.717, 1.165) is 17.5 Å². The lowest BCUT2D eigenvalue weighted by Gasteiger charge is -2.57. The quantitative estimate of drug-likeness (QED) is 0.431. The number of hydrogen-bond donors (Lipinski definition) is 4. The fraction of sp³-hybridized carbons (Fsp3) is 0.571. The zero-order valence-electron chi connectivity index (χ0n) is 22.0. The van der Waals surface area contributed by atoms with E-state index in [4.69, 9.17) is 14.2 Å². The molecule has 2 aromatic rings. The molecule has 0 spiro atoms. The second-order valence-corrected chi connectivity index (χ2v) is 10.4. The van der Waals surface area contributed by atoms with E-state index < -0.39 is 36.4 Å². The molecule has 1 aromatic carbocycles. The van der Waals surface area contributed by atoms with E-state index in [-0.39, 0.29) is 35.9 Å². The van der Waals surface area contributed by atoms with Gasteiger partial charge in [-0.05, 0) is 44.4 Å². The third kappa shape index (κ3) is 5.48. The van der Waals surface area contributed by atoms with Gasteiger partial charge in [0.25, 0.3) is 0 Å². The Hall–Kier alpha value is -2.44. The van der Waals surface area contributed by atoms with Crippen molar-refractivity contribution in [2.24, 2.45) is 5.92 Å². The van der Waals surface area contributed by atoms with Gasteiger partial charge in [0.05, 0.1) is 36.8 Å². The molecular weight excluding hydrogens is 490 g/mol. The number of carbonyl (C=O) groups is 1. The molecule has 3 fully saturated rings. The Morgan fingerprint density at radius 2 is 1.89 bits per heavy atom. The number of amides is 1. The van der Waals surface area contributed by atoms with Gasteiger partial charge in [-0.25, -0.2) is 0 Å². The maximum absolute atomic E-state index is 13.0. The van der Waals surface area contributed by atoms with Crippen molar-refractivity contribution in [2.75, 3.05) is 7.05 Å². The Morgan fingerprint density at radius 1 is 1.13 bits per heavy atom. The van der Waals surface area contributed by atoms with Gasteiger partial charge in [-0.15, -0.1) is 0 Å². The van der Waals surface area contributed by atoms with Crippen LogP contribution in [0.5, 0.6) is 0 Å². The van der Waals surface area contributed by atoms with Crippen LogP contribution in [0.1, 0.15) is 38.8 Å². The highest BCUT2D eigenvalue weighted by Gasteiger charge is 2.61. The largest absolute Gasteiger partial charge is 0.412 e. The molecular formula is C28H39N3O7. The van der Waals surface area contributed by atoms with Crippen molar-refractivity contribution >= 4 is 5.91 Å². The number of carbonyl (C=O) groups excluding carboxylic acids is 1. The number of benzene rings is 1. The van der Waals surface area contributed by atoms with Gasteiger partial charge in [0, 0.05) is 17.5 Å². The lowest BCUT2D eigenvalue weighted by atomic mass is 9.77. The van der Waals surface area contributed by atoms with Crippen LogP contribution in [-0.2, 0) is 25.4 Å². The molecule has 1 saturated carbocycles. The summed E-state index contributed by atoms with van der Waals surface area (Å²) in [6.07, 6.45) is 0.704. The van der Waals surface area contributed by atoms with Crippen LogP contribution < -0.4 is 10.6 Å². The SMILES string of the molecule is CC[C@H]1CC2OC3O[C@H](C)C[C@@H](NC(=O)Cc4ccc(-c5ccccc5)cn4)[C@]3(O)OC2[C@@H](NC)[C@H]1O.O. The van der Waals surface area contributed by atoms with Crippen LogP contribution in [0.2, 0.25) is 0 Å². The van der Waals surface area contributed by atoms with Crippen molar-refractivity contribution in [3.05, 3.63) is 54.4 Å². The van der Waals surface area contributed by atoms with Gasteiger partial charge < -0.3 is 40.5 Å². The number of nitrogens with one attached hydrogen (secondary N) is 2. The van der Waals surface area contributed by atoms with Crippen molar-refractivity contribution < 1.29 is 34.7 Å². The summed E-state index contributed by atoms with van der Waals surface area (Å²) in [4.78, 5) is 17.5. The van der Waals surface area contributed by atoms with Gasteiger partial charge in [0.2, 0.25) is 18.0 Å². The number of hydrogen-bond acceptors (Lipinski definition) is 8. The standard InChI is InChI=1S/C28H37N3O6.H2O/c1-4-17-13-21-26(24(29-3)25(17)33)37-28(34)22(12-16(2)35-27(28)36-21)31-23(32)14-20-11-10-19(15-30-20)18-8-6-5-7-9-18;/h5-11,15-17,21-22,24-27,29,33-34H,4,12-14H2,1-3H3,(H,31,32);1H2/t16-,17+,21?,22-,24+,25+,26?,27?,28+;/m1./s1. The van der Waals surface area contributed by atoms with Crippen molar-refractivity contribution in [3.8, 4) is 11.1 Å². The number of rotatable bonds is 6. The van der Waals surface area contributed by atoms with Crippen molar-refractivity contribution in [1.29, 1.82) is 0 Å². The predicted octanol–water partition coefficient (Wildman–Crippen LogP) is 0.937. The van der Waals surface area contributed by atoms with E-state index in [1.807, 2.05) is 56.3 Å². The molecule has 3 heterocycles. The van der Waals surface area contributed by atoms with Crippen LogP contribution in [0.25, 0.3) is 11.1 Å². The van der Waals surface area contributed by atoms with Crippen molar-refractivity contribution in [3.63, 3.8) is 0 Å². The number of aliphatic hydroxyl groups is 2. The van der Waals surface area contributed by atoms with Gasteiger partial charge in [-0.1, -0.05) is 49.7 Å². The van der Waals surface area contributed by atoms with Crippen LogP contribution in [0.15, 0.2) is 48.7 Å². The fourth-order valence-corrected chi connectivity index (χ4v) is 5.89. The highest BCUT2D eigenvalue weighted by molar-refractivity contribution is 5.78. The molecule has 1 aromatic heterocycles. The van der Waals surface area contributed by atoms with Crippen LogP contribution >= 0.6 is 0 Å². The van der Waals surface area contributed by atoms with Gasteiger partial charge in [-0.3, -0.25) is 9.78 Å². The smallest absolute Gasteiger partial charge is 0.239 e. The summed E-state index contributed by atoms with van der Waals surface area (Å²) in [6.45, 7) is 3.92. The summed E-state index contributed by atoms with van der Waals surface area (Å²) >= 11 is 0. The van der Waals surface area contributed by atoms with Gasteiger partial charge >= 0.3 is 0 Å². The first-order valence-corrected chi connectivity index (χ1v) is 13.2. The van der Waals surface area contributed by atoms with E-state index in [9.17, 15) is 15.0 Å². The number of pyridine rings is 1. The van der Waals surface area contributed by atoms with E-state index in [0.29, 0.717) is 18.5 Å². The average Bonchev–Trinajstić information content (AvgIpc) is 2.89. The van der Waals surface area contributed by atoms with Crippen molar-refractivity contribution in [1.82, 2.24) is 15.6 Å². The number of aliphatic hydroxyl groups excluding tert-OH is 1. The highest BCUT2D eigenvalue weighted by Crippen LogP contribution is 2.43. The van der Waals surface area contributed by atoms with Crippen LogP contribution in [0.3, 0.4) is 0 Å². The Labute approximate surface area is 223 Å². The molecule has 1 amide bonds. The molecule has 2 aliphatic heterocycles. The summed E-state index contributed by atoms with van der Waals surface area (Å²) in [7, 11) is 1.76. The van der Waals surface area contributed by atoms with E-state index in [2.05, 4.69) is 15.6 Å². The molecule has 3 aliphatic rings. The van der Waals surface area contributed by atoms with Crippen LogP contribution in [-0.4, -0.2) is 82.2 Å². The number of aromatic nitrogens is 1. The average molecular weight is 530 g/mol. The Kier molecular flexibility index (Phi) is 8.83. The lowest BCUT2D eigenvalue weighted by Crippen LogP contribution is -2.75. The normalized spacial score (nSPS) is 36.3. The molecule has 0 bridgehead atoms. The van der Waals surface area contributed by atoms with E-state index in [1.165, 1.54) is 0 Å². The second-order valence-electron chi connectivity index (χ2n) is 10.4. The van der Waals surface area contributed by atoms with E-state index in [1.54, 1.807) is 13.2 Å². The molecule has 1 aliphatic carbocycles. The maximum atomic E-state index is 13.0. The lowest BCUT2D eigenvalue weighted by molar-refractivity contribution is -0.443. The third-order valence-electron chi connectivity index (χ3n) is 7.96. The molecule has 9 atom stereocenters. The Balaban J connectivity index is 0.00000336. The minimum absolute atomic E-state index is 0. The summed E-state index contributed by atoms with van der Waals surface area (Å²) in [5.74, 6) is -2.12. The van der Waals surface area contributed by atoms with Crippen LogP contribution in [0, 0.1) is 5.92 Å². The Morgan fingerprint density at radius 3 is 2.55 bits per heavy atom. The zero-order chi connectivity index (χ0) is 26.2. The molecule has 10 nitrogen and oxygen atoms in total. The van der Waals surface area contributed by atoms with Gasteiger partial charge in [0.15, 0.2) is 0 Å². The molecule has 2 saturated heterocycles. The first kappa shape index (κ1) is 28.6. The summed E-state index contributed by atoms with van der Waals surface area (Å²) < 4.78 is 18.5. The molecule has 38 heavy (non-hydrogen) atoms. The predicted molar refractivity (Wildman–Crippen MR) is 140 cm³/mol. The summed E-state index contributed by atoms with van der Waals surface area (Å²) in [6, 6.07) is 12.5. The molecule has 10 heteroatoms. The molecule has 3 unspecified atom stereocenters. The number of likely N-dealkylation sites (N-methyl/N-ethyl adjacent to an activating group) is 1. The second kappa shape index (κ2) is 11.7. The molecule has 0 radical (unpaired) electrons. The summed E-state index contributed by atoms with van der Waals surface area (Å²) in [5.41, 5.74) is 2.65. The third-order valence-corrected chi connectivity index (χ3v) is 7.96. The topological polar surface area (TPSA) is 154 Å². The van der Waals surface area contributed by atoms with Gasteiger partial charge in [0.1, 0.15) is 6.10 Å². The maximum Gasteiger partial charge on any atom is 0.239 e. The van der Waals surface area contributed by atoms with Gasteiger partial charge in [-0.2, -0.15) is 0 Å². The fourth-order valence-electron chi connectivity index (χ4n) is 5.89. The van der Waals surface area contributed by atoms with E-state index >= 15 is 0 Å². The minimum atomic E-state index is -1.89. The Bertz CT molecular complexity index is 1070. The minimum Gasteiger partial charge on any atom is -0.412 e. The molecule has 5 rings (SSSR count). The summed E-state index contributed by atoms with van der Waals surface area (Å²) in [5, 5.41) is 28.7. The first-order valence-electron chi connectivity index (χ1n) is 13.2. The number of ether oxygens (including phenoxy) is 3. The zero-order valence-corrected chi connectivity index (χ0v) is 22.0. The molecule has 208 valence electrons. The number of fused-ring (bicyclic) bond motifs is 2.